The zero-order valence-electron chi connectivity index (χ0n) is 15.6. The number of nitrogens with one attached hydrogen (secondary N) is 3. The first-order valence-electron chi connectivity index (χ1n) is 9.23. The summed E-state index contributed by atoms with van der Waals surface area (Å²) in [7, 11) is 0. The van der Waals surface area contributed by atoms with Crippen LogP contribution in [0.1, 0.15) is 29.8 Å². The van der Waals surface area contributed by atoms with Crippen LogP contribution in [0, 0.1) is 10.1 Å². The Balaban J connectivity index is 1.76. The number of amides is 1. The van der Waals surface area contributed by atoms with Crippen molar-refractivity contribution < 1.29 is 24.6 Å². The van der Waals surface area contributed by atoms with Crippen LogP contribution < -0.4 is 15.4 Å². The summed E-state index contributed by atoms with van der Waals surface area (Å²) in [5.41, 5.74) is 1.23. The molecular weight excluding hydrogens is 368 g/mol. The fraction of sp³-hybridized carbons (Fsp3) is 0.500. The Labute approximate surface area is 162 Å². The summed E-state index contributed by atoms with van der Waals surface area (Å²) in [6.07, 6.45) is 1.94. The molecule has 0 saturated heterocycles. The molecule has 0 atom stereocenters. The number of aliphatic hydroxyl groups excluding tert-OH is 1. The van der Waals surface area contributed by atoms with E-state index >= 15 is 0 Å². The van der Waals surface area contributed by atoms with Crippen molar-refractivity contribution in [2.75, 3.05) is 39.5 Å². The molecule has 28 heavy (non-hydrogen) atoms. The lowest BCUT2D eigenvalue weighted by Gasteiger charge is -2.07. The van der Waals surface area contributed by atoms with Crippen LogP contribution in [-0.4, -0.2) is 60.5 Å². The Hall–Kier alpha value is -2.85. The summed E-state index contributed by atoms with van der Waals surface area (Å²) in [5.74, 6) is 0.444. The average Bonchev–Trinajstić information content (AvgIpc) is 3.10. The topological polar surface area (TPSA) is 139 Å². The highest BCUT2D eigenvalue weighted by Gasteiger charge is 2.10. The molecule has 0 spiro atoms. The summed E-state index contributed by atoms with van der Waals surface area (Å²) < 4.78 is 5.73. The quantitative estimate of drug-likeness (QED) is 0.215. The summed E-state index contributed by atoms with van der Waals surface area (Å²) in [6, 6.07) is 7.30. The summed E-state index contributed by atoms with van der Waals surface area (Å²) in [5, 5.41) is 24.7. The number of fused-ring (bicyclic) bond motifs is 1. The molecule has 0 aliphatic carbocycles. The normalized spacial score (nSPS) is 10.8. The monoisotopic (exact) mass is 394 g/mol. The second kappa shape index (κ2) is 11.8. The molecule has 10 nitrogen and oxygen atoms in total. The van der Waals surface area contributed by atoms with Gasteiger partial charge in [-0.2, -0.15) is 0 Å². The number of rotatable bonds is 14. The van der Waals surface area contributed by atoms with Crippen LogP contribution in [0.25, 0.3) is 10.9 Å². The third kappa shape index (κ3) is 7.41. The van der Waals surface area contributed by atoms with Crippen LogP contribution in [-0.2, 0) is 4.84 Å². The Bertz CT molecular complexity index is 764. The number of nitrogens with zero attached hydrogens (tertiary/aromatic N) is 1. The summed E-state index contributed by atoms with van der Waals surface area (Å²) in [6.45, 7) is 2.60. The van der Waals surface area contributed by atoms with Crippen molar-refractivity contribution in [2.45, 2.75) is 19.3 Å². The van der Waals surface area contributed by atoms with Crippen LogP contribution in [0.5, 0.6) is 5.75 Å². The number of aliphatic hydroxyl groups is 1. The fourth-order valence-electron chi connectivity index (χ4n) is 2.55. The summed E-state index contributed by atoms with van der Waals surface area (Å²) >= 11 is 0. The SMILES string of the molecule is O=C(NCCCO[N+](=O)[O-])c1cc2cc(OCCCNCCCO)ccc2[nH]1. The van der Waals surface area contributed by atoms with E-state index in [0.717, 1.165) is 42.6 Å². The smallest absolute Gasteiger partial charge is 0.294 e. The highest BCUT2D eigenvalue weighted by Crippen LogP contribution is 2.21. The van der Waals surface area contributed by atoms with Gasteiger partial charge in [-0.3, -0.25) is 4.79 Å². The van der Waals surface area contributed by atoms with Gasteiger partial charge in [-0.1, -0.05) is 0 Å². The third-order valence-electron chi connectivity index (χ3n) is 3.92. The molecule has 2 rings (SSSR count). The van der Waals surface area contributed by atoms with Crippen LogP contribution in [0.15, 0.2) is 24.3 Å². The average molecular weight is 394 g/mol. The maximum absolute atomic E-state index is 12.1. The molecule has 0 aliphatic rings. The van der Waals surface area contributed by atoms with Gasteiger partial charge < -0.3 is 30.3 Å². The Morgan fingerprint density at radius 2 is 1.93 bits per heavy atom. The molecule has 1 heterocycles. The predicted octanol–water partition coefficient (Wildman–Crippen LogP) is 1.24. The number of hydrogen-bond acceptors (Lipinski definition) is 7. The molecule has 0 radical (unpaired) electrons. The van der Waals surface area contributed by atoms with E-state index in [0.29, 0.717) is 18.7 Å². The van der Waals surface area contributed by atoms with Gasteiger partial charge in [0.05, 0.1) is 13.2 Å². The first-order valence-corrected chi connectivity index (χ1v) is 9.23. The number of aromatic amines is 1. The first kappa shape index (κ1) is 21.5. The number of benzene rings is 1. The number of carbonyl (C=O) groups is 1. The zero-order valence-corrected chi connectivity index (χ0v) is 15.6. The first-order chi connectivity index (χ1) is 13.6. The van der Waals surface area contributed by atoms with Crippen molar-refractivity contribution in [3.05, 3.63) is 40.1 Å². The highest BCUT2D eigenvalue weighted by atomic mass is 16.9. The molecule has 0 fully saturated rings. The second-order valence-corrected chi connectivity index (χ2v) is 6.13. The van der Waals surface area contributed by atoms with Gasteiger partial charge in [0.15, 0.2) is 0 Å². The molecular formula is C18H26N4O6. The van der Waals surface area contributed by atoms with E-state index in [1.807, 2.05) is 18.2 Å². The maximum Gasteiger partial charge on any atom is 0.294 e. The number of hydrogen-bond donors (Lipinski definition) is 4. The molecule has 1 aromatic heterocycles. The third-order valence-corrected chi connectivity index (χ3v) is 3.92. The van der Waals surface area contributed by atoms with Crippen molar-refractivity contribution in [2.24, 2.45) is 0 Å². The molecule has 154 valence electrons. The van der Waals surface area contributed by atoms with E-state index < -0.39 is 5.09 Å². The molecule has 2 aromatic rings. The lowest BCUT2D eigenvalue weighted by atomic mass is 10.2. The predicted molar refractivity (Wildman–Crippen MR) is 103 cm³/mol. The minimum absolute atomic E-state index is 0.0579. The Kier molecular flexibility index (Phi) is 9.02. The van der Waals surface area contributed by atoms with Gasteiger partial charge in [0, 0.05) is 24.1 Å². The van der Waals surface area contributed by atoms with E-state index in [1.165, 1.54) is 0 Å². The van der Waals surface area contributed by atoms with Crippen LogP contribution in [0.2, 0.25) is 0 Å². The number of aromatic nitrogens is 1. The van der Waals surface area contributed by atoms with E-state index in [1.54, 1.807) is 6.07 Å². The molecule has 1 amide bonds. The molecule has 0 bridgehead atoms. The minimum Gasteiger partial charge on any atom is -0.494 e. The molecule has 0 saturated carbocycles. The number of H-pyrrole nitrogens is 1. The van der Waals surface area contributed by atoms with Gasteiger partial charge in [-0.25, -0.2) is 0 Å². The van der Waals surface area contributed by atoms with E-state index in [4.69, 9.17) is 9.84 Å². The van der Waals surface area contributed by atoms with Gasteiger partial charge >= 0.3 is 0 Å². The van der Waals surface area contributed by atoms with Crippen LogP contribution in [0.3, 0.4) is 0 Å². The highest BCUT2D eigenvalue weighted by molar-refractivity contribution is 5.98. The van der Waals surface area contributed by atoms with E-state index in [9.17, 15) is 14.9 Å². The van der Waals surface area contributed by atoms with Crippen molar-refractivity contribution in [1.82, 2.24) is 15.6 Å². The van der Waals surface area contributed by atoms with Crippen molar-refractivity contribution >= 4 is 16.8 Å². The van der Waals surface area contributed by atoms with Crippen LogP contribution >= 0.6 is 0 Å². The van der Waals surface area contributed by atoms with Crippen molar-refractivity contribution in [1.29, 1.82) is 0 Å². The van der Waals surface area contributed by atoms with Gasteiger partial charge in [0.1, 0.15) is 11.4 Å². The molecule has 1 aromatic carbocycles. The Morgan fingerprint density at radius 1 is 1.14 bits per heavy atom. The minimum atomic E-state index is -0.854. The largest absolute Gasteiger partial charge is 0.494 e. The molecule has 4 N–H and O–H groups in total. The lowest BCUT2D eigenvalue weighted by molar-refractivity contribution is -0.757. The van der Waals surface area contributed by atoms with Gasteiger partial charge in [-0.05, 0) is 56.6 Å². The van der Waals surface area contributed by atoms with Crippen molar-refractivity contribution in [3.8, 4) is 5.75 Å². The molecule has 10 heteroatoms. The van der Waals surface area contributed by atoms with Crippen LogP contribution in [0.4, 0.5) is 0 Å². The van der Waals surface area contributed by atoms with Gasteiger partial charge in [0.25, 0.3) is 11.0 Å². The fourth-order valence-corrected chi connectivity index (χ4v) is 2.55. The molecule has 0 aliphatic heterocycles. The maximum atomic E-state index is 12.1. The van der Waals surface area contributed by atoms with Crippen molar-refractivity contribution in [3.63, 3.8) is 0 Å². The second-order valence-electron chi connectivity index (χ2n) is 6.13. The Morgan fingerprint density at radius 3 is 2.71 bits per heavy atom. The standard InChI is InChI=1S/C18H26N4O6/c23-9-1-6-19-7-2-10-27-15-4-5-16-14(12-15)13-17(21-16)18(24)20-8-3-11-28-22(25)26/h4-5,12-13,19,21,23H,1-3,6-11H2,(H,20,24). The van der Waals surface area contributed by atoms with Gasteiger partial charge in [0.2, 0.25) is 0 Å². The zero-order chi connectivity index (χ0) is 20.2. The van der Waals surface area contributed by atoms with E-state index in [2.05, 4.69) is 20.5 Å². The molecule has 0 unspecified atom stereocenters. The number of carbonyl (C=O) groups excluding carboxylic acids is 1. The van der Waals surface area contributed by atoms with E-state index in [-0.39, 0.29) is 25.7 Å². The van der Waals surface area contributed by atoms with Gasteiger partial charge in [-0.15, -0.1) is 10.1 Å². The number of ether oxygens (including phenoxy) is 1. The summed E-state index contributed by atoms with van der Waals surface area (Å²) in [4.78, 5) is 29.4. The lowest BCUT2D eigenvalue weighted by Crippen LogP contribution is -2.25.